The van der Waals surface area contributed by atoms with Crippen LogP contribution >= 0.6 is 11.6 Å². The second-order valence-corrected chi connectivity index (χ2v) is 9.25. The van der Waals surface area contributed by atoms with Crippen LogP contribution in [-0.4, -0.2) is 40.5 Å². The Morgan fingerprint density at radius 1 is 1.03 bits per heavy atom. The summed E-state index contributed by atoms with van der Waals surface area (Å²) in [6.45, 7) is 4.01. The molecule has 1 saturated heterocycles. The average molecular weight is 507 g/mol. The van der Waals surface area contributed by atoms with Gasteiger partial charge in [-0.25, -0.2) is 4.79 Å². The summed E-state index contributed by atoms with van der Waals surface area (Å²) in [5, 5.41) is 0.593. The van der Waals surface area contributed by atoms with E-state index in [0.29, 0.717) is 24.3 Å². The van der Waals surface area contributed by atoms with Gasteiger partial charge in [0.25, 0.3) is 5.91 Å². The van der Waals surface area contributed by atoms with Gasteiger partial charge in [0, 0.05) is 23.8 Å². The van der Waals surface area contributed by atoms with E-state index in [1.54, 1.807) is 36.4 Å². The monoisotopic (exact) mass is 506 g/mol. The van der Waals surface area contributed by atoms with Crippen molar-refractivity contribution in [1.82, 2.24) is 9.88 Å². The third-order valence-corrected chi connectivity index (χ3v) is 6.65. The minimum Gasteiger partial charge on any atom is -0.464 e. The molecule has 0 N–H and O–H groups in total. The minimum absolute atomic E-state index is 0.231. The number of ether oxygens (including phenoxy) is 2. The van der Waals surface area contributed by atoms with Crippen LogP contribution in [-0.2, 0) is 25.5 Å². The Bertz CT molecular complexity index is 1140. The Morgan fingerprint density at radius 3 is 2.36 bits per heavy atom. The standard InChI is InChI=1S/C29H31ClN2O4/c1-3-8-24(29(34)35-4-2)32-26(21-11-13-23(30)14-12-21)27(22-9-6-5-7-10-22)36-25(28(32)33)19-20-15-17-31-18-16-20/h5-7,9-18,24-27H,3-4,8,19H2,1-2H3/t24-,25+,26-,27+/m1/s1. The number of nitrogens with zero attached hydrogens (tertiary/aromatic N) is 2. The summed E-state index contributed by atoms with van der Waals surface area (Å²) in [7, 11) is 0. The number of hydrogen-bond donors (Lipinski definition) is 0. The molecule has 7 heteroatoms. The highest BCUT2D eigenvalue weighted by molar-refractivity contribution is 6.30. The molecule has 3 aromatic rings. The van der Waals surface area contributed by atoms with Gasteiger partial charge in [0.05, 0.1) is 12.6 Å². The maximum Gasteiger partial charge on any atom is 0.328 e. The van der Waals surface area contributed by atoms with Gasteiger partial charge < -0.3 is 14.4 Å². The topological polar surface area (TPSA) is 68.7 Å². The fourth-order valence-electron chi connectivity index (χ4n) is 4.76. The first-order chi connectivity index (χ1) is 17.5. The third kappa shape index (κ3) is 5.77. The fourth-order valence-corrected chi connectivity index (χ4v) is 4.88. The Morgan fingerprint density at radius 2 is 1.72 bits per heavy atom. The Labute approximate surface area is 217 Å². The van der Waals surface area contributed by atoms with Gasteiger partial charge in [-0.3, -0.25) is 9.78 Å². The molecule has 36 heavy (non-hydrogen) atoms. The first kappa shape index (κ1) is 25.9. The molecule has 0 aliphatic carbocycles. The number of carbonyl (C=O) groups is 2. The van der Waals surface area contributed by atoms with Crippen molar-refractivity contribution in [2.75, 3.05) is 6.61 Å². The van der Waals surface area contributed by atoms with Crippen LogP contribution in [0.3, 0.4) is 0 Å². The SMILES string of the molecule is CCC[C@H](C(=O)OCC)N1C(=O)[C@H](Cc2ccncc2)O[C@@H](c2ccccc2)[C@H]1c1ccc(Cl)cc1. The van der Waals surface area contributed by atoms with Crippen LogP contribution in [0.5, 0.6) is 0 Å². The molecule has 1 aliphatic heterocycles. The Hall–Kier alpha value is -3.22. The lowest BCUT2D eigenvalue weighted by molar-refractivity contribution is -0.186. The summed E-state index contributed by atoms with van der Waals surface area (Å²) in [6.07, 6.45) is 3.70. The molecule has 4 atom stereocenters. The Balaban J connectivity index is 1.85. The molecule has 1 aliphatic rings. The van der Waals surface area contributed by atoms with Crippen LogP contribution in [0.15, 0.2) is 79.1 Å². The van der Waals surface area contributed by atoms with E-state index in [9.17, 15) is 9.59 Å². The van der Waals surface area contributed by atoms with Gasteiger partial charge in [0.2, 0.25) is 0 Å². The van der Waals surface area contributed by atoms with Gasteiger partial charge >= 0.3 is 5.97 Å². The smallest absolute Gasteiger partial charge is 0.328 e. The number of pyridine rings is 1. The summed E-state index contributed by atoms with van der Waals surface area (Å²) < 4.78 is 12.0. The molecule has 6 nitrogen and oxygen atoms in total. The number of halogens is 1. The minimum atomic E-state index is -0.769. The van der Waals surface area contributed by atoms with Crippen molar-refractivity contribution in [2.24, 2.45) is 0 Å². The lowest BCUT2D eigenvalue weighted by Gasteiger charge is -2.47. The predicted molar refractivity (Wildman–Crippen MR) is 138 cm³/mol. The summed E-state index contributed by atoms with van der Waals surface area (Å²) in [5.74, 6) is -0.631. The van der Waals surface area contributed by atoms with Crippen molar-refractivity contribution in [2.45, 2.75) is 57.4 Å². The molecule has 1 amide bonds. The number of rotatable bonds is 9. The number of esters is 1. The fraction of sp³-hybridized carbons (Fsp3) is 0.345. The van der Waals surface area contributed by atoms with E-state index in [-0.39, 0.29) is 12.5 Å². The lowest BCUT2D eigenvalue weighted by atomic mass is 9.89. The van der Waals surface area contributed by atoms with Crippen LogP contribution in [0.1, 0.15) is 55.5 Å². The van der Waals surface area contributed by atoms with Crippen LogP contribution < -0.4 is 0 Å². The molecule has 0 saturated carbocycles. The molecule has 2 heterocycles. The predicted octanol–water partition coefficient (Wildman–Crippen LogP) is 5.72. The van der Waals surface area contributed by atoms with E-state index < -0.39 is 30.3 Å². The maximum atomic E-state index is 14.1. The third-order valence-electron chi connectivity index (χ3n) is 6.39. The van der Waals surface area contributed by atoms with Crippen molar-refractivity contribution in [3.05, 3.63) is 101 Å². The van der Waals surface area contributed by atoms with Crippen molar-refractivity contribution < 1.29 is 19.1 Å². The van der Waals surface area contributed by atoms with E-state index in [0.717, 1.165) is 16.7 Å². The van der Waals surface area contributed by atoms with Crippen LogP contribution in [0.2, 0.25) is 5.02 Å². The van der Waals surface area contributed by atoms with E-state index >= 15 is 0 Å². The number of carbonyl (C=O) groups excluding carboxylic acids is 2. The number of morpholine rings is 1. The first-order valence-corrected chi connectivity index (χ1v) is 12.7. The van der Waals surface area contributed by atoms with Crippen molar-refractivity contribution in [3.8, 4) is 0 Å². The summed E-state index contributed by atoms with van der Waals surface area (Å²) in [5.41, 5.74) is 2.70. The molecule has 0 bridgehead atoms. The molecule has 2 aromatic carbocycles. The average Bonchev–Trinajstić information content (AvgIpc) is 2.90. The number of hydrogen-bond acceptors (Lipinski definition) is 5. The number of amides is 1. The molecule has 0 unspecified atom stereocenters. The van der Waals surface area contributed by atoms with E-state index in [1.165, 1.54) is 0 Å². The van der Waals surface area contributed by atoms with E-state index in [4.69, 9.17) is 21.1 Å². The van der Waals surface area contributed by atoms with Gasteiger partial charge in [0.15, 0.2) is 0 Å². The molecule has 188 valence electrons. The van der Waals surface area contributed by atoms with Crippen molar-refractivity contribution in [1.29, 1.82) is 0 Å². The van der Waals surface area contributed by atoms with Crippen LogP contribution in [0, 0.1) is 0 Å². The molecule has 4 rings (SSSR count). The summed E-state index contributed by atoms with van der Waals surface area (Å²) in [6, 6.07) is 19.7. The van der Waals surface area contributed by atoms with Crippen LogP contribution in [0.4, 0.5) is 0 Å². The maximum absolute atomic E-state index is 14.1. The summed E-state index contributed by atoms with van der Waals surface area (Å²) >= 11 is 6.20. The number of benzene rings is 2. The zero-order chi connectivity index (χ0) is 25.5. The van der Waals surface area contributed by atoms with Gasteiger partial charge in [-0.15, -0.1) is 0 Å². The highest BCUT2D eigenvalue weighted by atomic mass is 35.5. The van der Waals surface area contributed by atoms with Gasteiger partial charge in [-0.1, -0.05) is 67.4 Å². The highest BCUT2D eigenvalue weighted by Gasteiger charge is 2.48. The lowest BCUT2D eigenvalue weighted by Crippen LogP contribution is -2.57. The van der Waals surface area contributed by atoms with Crippen LogP contribution in [0.25, 0.3) is 0 Å². The normalized spacial score (nSPS) is 20.7. The highest BCUT2D eigenvalue weighted by Crippen LogP contribution is 2.44. The van der Waals surface area contributed by atoms with E-state index in [1.807, 2.05) is 61.5 Å². The van der Waals surface area contributed by atoms with Gasteiger partial charge in [-0.05, 0) is 54.3 Å². The Kier molecular flexibility index (Phi) is 8.73. The van der Waals surface area contributed by atoms with Gasteiger partial charge in [0.1, 0.15) is 18.2 Å². The molecule has 0 radical (unpaired) electrons. The van der Waals surface area contributed by atoms with E-state index in [2.05, 4.69) is 4.98 Å². The quantitative estimate of drug-likeness (QED) is 0.347. The molecular weight excluding hydrogens is 476 g/mol. The largest absolute Gasteiger partial charge is 0.464 e. The first-order valence-electron chi connectivity index (χ1n) is 12.4. The summed E-state index contributed by atoms with van der Waals surface area (Å²) in [4.78, 5) is 33.2. The number of aromatic nitrogens is 1. The molecule has 0 spiro atoms. The zero-order valence-electron chi connectivity index (χ0n) is 20.5. The second-order valence-electron chi connectivity index (χ2n) is 8.81. The van der Waals surface area contributed by atoms with Gasteiger partial charge in [-0.2, -0.15) is 0 Å². The molecule has 1 fully saturated rings. The second kappa shape index (κ2) is 12.2. The van der Waals surface area contributed by atoms with Crippen molar-refractivity contribution >= 4 is 23.5 Å². The van der Waals surface area contributed by atoms with Crippen molar-refractivity contribution in [3.63, 3.8) is 0 Å². The zero-order valence-corrected chi connectivity index (χ0v) is 21.3. The molecule has 1 aromatic heterocycles. The molecular formula is C29H31ClN2O4.